The van der Waals surface area contributed by atoms with Gasteiger partial charge in [-0.25, -0.2) is 24.0 Å². The smallest absolute Gasteiger partial charge is 0.467 e. The Hall–Kier alpha value is -5.53. The lowest BCUT2D eigenvalue weighted by atomic mass is 9.97. The fourth-order valence-electron chi connectivity index (χ4n) is 5.18. The molecule has 3 rings (SSSR count). The number of carbonyl (C=O) groups is 5. The quantitative estimate of drug-likeness (QED) is 0.103. The number of halogens is 3. The maximum absolute atomic E-state index is 12.3. The van der Waals surface area contributed by atoms with Crippen LogP contribution in [0, 0.1) is 0 Å². The zero-order valence-electron chi connectivity index (χ0n) is 36.2. The molecule has 16 nitrogen and oxygen atoms in total. The van der Waals surface area contributed by atoms with Gasteiger partial charge in [0.1, 0.15) is 34.6 Å². The molecule has 0 aliphatic carbocycles. The minimum absolute atomic E-state index is 0.0851. The third-order valence-corrected chi connectivity index (χ3v) is 8.81. The molecule has 3 amide bonds. The van der Waals surface area contributed by atoms with E-state index in [2.05, 4.69) is 19.6 Å². The van der Waals surface area contributed by atoms with Crippen molar-refractivity contribution in [3.8, 4) is 5.75 Å². The summed E-state index contributed by atoms with van der Waals surface area (Å²) in [6.07, 6.45) is 1.11. The number of esters is 2. The van der Waals surface area contributed by atoms with Gasteiger partial charge in [-0.05, 0) is 103 Å². The van der Waals surface area contributed by atoms with Crippen LogP contribution in [-0.2, 0) is 56.2 Å². The maximum atomic E-state index is 12.3. The summed E-state index contributed by atoms with van der Waals surface area (Å²) in [4.78, 5) is 61.9. The van der Waals surface area contributed by atoms with E-state index in [0.717, 1.165) is 42.4 Å². The lowest BCUT2D eigenvalue weighted by Gasteiger charge is -2.29. The highest BCUT2D eigenvalue weighted by Gasteiger charge is 2.48. The van der Waals surface area contributed by atoms with E-state index in [1.54, 1.807) is 46.4 Å². The number of benzene rings is 2. The molecule has 340 valence electrons. The minimum atomic E-state index is -5.79. The predicted octanol–water partition coefficient (Wildman–Crippen LogP) is 6.84. The van der Waals surface area contributed by atoms with Crippen molar-refractivity contribution < 1.29 is 73.4 Å². The zero-order valence-corrected chi connectivity index (χ0v) is 37.0. The highest BCUT2D eigenvalue weighted by Crippen LogP contribution is 2.28. The highest BCUT2D eigenvalue weighted by molar-refractivity contribution is 7.88. The fraction of sp³-hybridized carbons (Fsp3) is 0.537. The Labute approximate surface area is 354 Å². The normalized spacial score (nSPS) is 14.4. The fourth-order valence-corrected chi connectivity index (χ4v) is 5.63. The van der Waals surface area contributed by atoms with Crippen molar-refractivity contribution in [2.24, 2.45) is 0 Å². The second-order valence-electron chi connectivity index (χ2n) is 16.6. The molecular weight excluding hydrogens is 832 g/mol. The molecule has 0 spiro atoms. The number of hydrogen-bond acceptors (Lipinski definition) is 13. The van der Waals surface area contributed by atoms with E-state index in [9.17, 15) is 45.6 Å². The van der Waals surface area contributed by atoms with Crippen molar-refractivity contribution in [3.63, 3.8) is 0 Å². The minimum Gasteiger partial charge on any atom is -0.467 e. The average Bonchev–Trinajstić information content (AvgIpc) is 3.12. The van der Waals surface area contributed by atoms with Gasteiger partial charge in [0, 0.05) is 25.9 Å². The van der Waals surface area contributed by atoms with Gasteiger partial charge in [-0.3, -0.25) is 0 Å². The molecule has 0 bridgehead atoms. The lowest BCUT2D eigenvalue weighted by Crippen LogP contribution is -2.45. The molecule has 2 aromatic rings. The van der Waals surface area contributed by atoms with Crippen molar-refractivity contribution in [3.05, 3.63) is 71.3 Å². The van der Waals surface area contributed by atoms with E-state index >= 15 is 0 Å². The average molecular weight is 888 g/mol. The van der Waals surface area contributed by atoms with Crippen LogP contribution in [0.25, 0.3) is 5.57 Å². The van der Waals surface area contributed by atoms with Crippen LogP contribution in [-0.4, -0.2) is 105 Å². The van der Waals surface area contributed by atoms with Crippen molar-refractivity contribution >= 4 is 45.9 Å². The van der Waals surface area contributed by atoms with Crippen LogP contribution in [0.3, 0.4) is 0 Å². The molecule has 0 aromatic heterocycles. The van der Waals surface area contributed by atoms with Crippen molar-refractivity contribution in [2.45, 2.75) is 116 Å². The first-order chi connectivity index (χ1) is 27.9. The van der Waals surface area contributed by atoms with Gasteiger partial charge in [0.2, 0.25) is 0 Å². The van der Waals surface area contributed by atoms with Crippen molar-refractivity contribution in [1.82, 2.24) is 15.5 Å². The number of rotatable bonds is 11. The molecule has 0 radical (unpaired) electrons. The third-order valence-electron chi connectivity index (χ3n) is 7.83. The molecule has 0 saturated carbocycles. The van der Waals surface area contributed by atoms with E-state index in [0.29, 0.717) is 18.7 Å². The van der Waals surface area contributed by atoms with Crippen LogP contribution >= 0.6 is 0 Å². The predicted molar refractivity (Wildman–Crippen MR) is 217 cm³/mol. The van der Waals surface area contributed by atoms with Gasteiger partial charge >= 0.3 is 45.8 Å². The van der Waals surface area contributed by atoms with Crippen LogP contribution in [0.1, 0.15) is 85.4 Å². The molecule has 1 heterocycles. The second kappa shape index (κ2) is 21.3. The number of nitrogens with zero attached hydrogens (tertiary/aromatic N) is 1. The Morgan fingerprint density at radius 2 is 1.08 bits per heavy atom. The Kier molecular flexibility index (Phi) is 18.0. The number of hydrogen-bond donors (Lipinski definition) is 2. The summed E-state index contributed by atoms with van der Waals surface area (Å²) in [5.41, 5.74) is -4.07. The third kappa shape index (κ3) is 18.7. The van der Waals surface area contributed by atoms with Gasteiger partial charge < -0.3 is 43.4 Å². The van der Waals surface area contributed by atoms with E-state index in [-0.39, 0.29) is 18.9 Å². The molecule has 2 atom stereocenters. The first kappa shape index (κ1) is 51.6. The summed E-state index contributed by atoms with van der Waals surface area (Å²) in [6.45, 7) is 16.8. The first-order valence-corrected chi connectivity index (χ1v) is 20.3. The zero-order chi connectivity index (χ0) is 46.6. The molecule has 0 fully saturated rings. The molecule has 0 saturated heterocycles. The monoisotopic (exact) mass is 887 g/mol. The van der Waals surface area contributed by atoms with E-state index in [1.807, 2.05) is 51.1 Å². The molecular formula is C41H56F3N3O13S. The largest absolute Gasteiger partial charge is 0.534 e. The summed E-state index contributed by atoms with van der Waals surface area (Å²) >= 11 is 0. The number of alkyl carbamates (subject to hydrolysis) is 2. The molecule has 1 aliphatic rings. The second-order valence-corrected chi connectivity index (χ2v) is 18.1. The topological polar surface area (TPSA) is 202 Å². The van der Waals surface area contributed by atoms with Crippen LogP contribution in [0.4, 0.5) is 27.6 Å². The standard InChI is InChI=1S/C25H36N2O6.C16H20F3NO7S/c1-24(2,3)32-22(29)26-20(21(28)31-7)16-17-8-10-18(11-9-17)19-12-14-27(15-13-19)23(30)33-25(4,5)6;1-15(2,3)26-14(22)20-12(13(21)25-4)9-10-5-7-11(8-6-10)27-28(23,24)16(17,18)19/h8-12,20H,13-16H2,1-7H3,(H,26,29);5-8,12H,9H2,1-4H3,(H,20,22)/t20-;12-/m00/s1. The van der Waals surface area contributed by atoms with Gasteiger partial charge in [0.25, 0.3) is 0 Å². The Morgan fingerprint density at radius 1 is 0.672 bits per heavy atom. The molecule has 2 aromatic carbocycles. The van der Waals surface area contributed by atoms with E-state index in [4.69, 9.17) is 18.9 Å². The summed E-state index contributed by atoms with van der Waals surface area (Å²) in [7, 11) is -3.39. The Morgan fingerprint density at radius 3 is 1.43 bits per heavy atom. The number of nitrogens with one attached hydrogen (secondary N) is 2. The molecule has 2 N–H and O–H groups in total. The first-order valence-electron chi connectivity index (χ1n) is 18.9. The van der Waals surface area contributed by atoms with Gasteiger partial charge in [-0.2, -0.15) is 21.6 Å². The Balaban J connectivity index is 0.000000426. The molecule has 61 heavy (non-hydrogen) atoms. The van der Waals surface area contributed by atoms with Gasteiger partial charge in [-0.1, -0.05) is 42.5 Å². The SMILES string of the molecule is COC(=O)[C@H](Cc1ccc(C2=CCN(C(=O)OC(C)(C)C)CC2)cc1)NC(=O)OC(C)(C)C.COC(=O)[C@H](Cc1ccc(OS(=O)(=O)C(F)(F)F)cc1)NC(=O)OC(C)(C)C. The summed E-state index contributed by atoms with van der Waals surface area (Å²) in [5, 5.41) is 4.92. The number of carbonyl (C=O) groups excluding carboxylic acids is 5. The van der Waals surface area contributed by atoms with E-state index in [1.165, 1.54) is 19.2 Å². The summed E-state index contributed by atoms with van der Waals surface area (Å²) < 4.78 is 88.1. The maximum Gasteiger partial charge on any atom is 0.534 e. The molecule has 0 unspecified atom stereocenters. The van der Waals surface area contributed by atoms with Crippen molar-refractivity contribution in [1.29, 1.82) is 0 Å². The van der Waals surface area contributed by atoms with Gasteiger partial charge in [0.15, 0.2) is 0 Å². The number of methoxy groups -OCH3 is 2. The van der Waals surface area contributed by atoms with Crippen LogP contribution < -0.4 is 14.8 Å². The number of ether oxygens (including phenoxy) is 5. The van der Waals surface area contributed by atoms with Crippen LogP contribution in [0.2, 0.25) is 0 Å². The van der Waals surface area contributed by atoms with Crippen LogP contribution in [0.15, 0.2) is 54.6 Å². The van der Waals surface area contributed by atoms with Crippen LogP contribution in [0.5, 0.6) is 5.75 Å². The highest BCUT2D eigenvalue weighted by atomic mass is 32.2. The summed E-state index contributed by atoms with van der Waals surface area (Å²) in [5.74, 6) is -1.87. The molecule has 20 heteroatoms. The van der Waals surface area contributed by atoms with Crippen molar-refractivity contribution in [2.75, 3.05) is 27.3 Å². The van der Waals surface area contributed by atoms with Gasteiger partial charge in [-0.15, -0.1) is 0 Å². The van der Waals surface area contributed by atoms with Gasteiger partial charge in [0.05, 0.1) is 14.2 Å². The number of amides is 3. The number of alkyl halides is 3. The Bertz CT molecular complexity index is 1970. The summed E-state index contributed by atoms with van der Waals surface area (Å²) in [6, 6.07) is 10.3. The molecule has 1 aliphatic heterocycles. The van der Waals surface area contributed by atoms with E-state index < -0.39 is 74.4 Å². The lowest BCUT2D eigenvalue weighted by molar-refractivity contribution is -0.143.